The van der Waals surface area contributed by atoms with Crippen LogP contribution in [-0.2, 0) is 6.42 Å². The van der Waals surface area contributed by atoms with Gasteiger partial charge in [-0.15, -0.1) is 0 Å². The van der Waals surface area contributed by atoms with Gasteiger partial charge in [-0.2, -0.15) is 5.10 Å². The van der Waals surface area contributed by atoms with Crippen LogP contribution in [0.5, 0.6) is 0 Å². The van der Waals surface area contributed by atoms with Crippen LogP contribution in [0.3, 0.4) is 0 Å². The first-order chi connectivity index (χ1) is 12.6. The number of aromatic nitrogens is 2. The highest BCUT2D eigenvalue weighted by atomic mass is 16.6. The number of rotatable bonds is 4. The number of nitrogens with one attached hydrogen (secondary N) is 1. The molecule has 5 nitrogen and oxygen atoms in total. The fraction of sp³-hybridized carbons (Fsp3) is 0.0952. The van der Waals surface area contributed by atoms with Crippen LogP contribution in [0.25, 0.3) is 22.2 Å². The van der Waals surface area contributed by atoms with Crippen LogP contribution in [0.1, 0.15) is 16.7 Å². The fourth-order valence-corrected chi connectivity index (χ4v) is 3.17. The Hall–Kier alpha value is -3.47. The normalized spacial score (nSPS) is 11.0. The number of non-ortho nitro benzene ring substituents is 1. The van der Waals surface area contributed by atoms with Crippen LogP contribution in [-0.4, -0.2) is 15.1 Å². The molecule has 1 aromatic heterocycles. The summed E-state index contributed by atoms with van der Waals surface area (Å²) < 4.78 is 0. The van der Waals surface area contributed by atoms with E-state index in [0.29, 0.717) is 6.42 Å². The summed E-state index contributed by atoms with van der Waals surface area (Å²) in [6, 6.07) is 21.1. The van der Waals surface area contributed by atoms with Gasteiger partial charge < -0.3 is 0 Å². The summed E-state index contributed by atoms with van der Waals surface area (Å²) >= 11 is 0. The number of aryl methyl sites for hydroxylation is 1. The molecule has 128 valence electrons. The van der Waals surface area contributed by atoms with E-state index in [4.69, 9.17) is 0 Å². The number of nitrogens with zero attached hydrogens (tertiary/aromatic N) is 2. The van der Waals surface area contributed by atoms with Crippen molar-refractivity contribution < 1.29 is 4.92 Å². The van der Waals surface area contributed by atoms with Crippen molar-refractivity contribution in [1.82, 2.24) is 10.2 Å². The van der Waals surface area contributed by atoms with Gasteiger partial charge in [-0.1, -0.05) is 54.1 Å². The summed E-state index contributed by atoms with van der Waals surface area (Å²) in [6.07, 6.45) is 0.688. The van der Waals surface area contributed by atoms with Crippen molar-refractivity contribution in [2.75, 3.05) is 0 Å². The van der Waals surface area contributed by atoms with Crippen molar-refractivity contribution >= 4 is 16.6 Å². The molecule has 4 aromatic rings. The molecule has 0 unspecified atom stereocenters. The molecule has 0 saturated carbocycles. The smallest absolute Gasteiger partial charge is 0.269 e. The number of nitro groups is 1. The first-order valence-corrected chi connectivity index (χ1v) is 8.38. The molecule has 3 aromatic carbocycles. The van der Waals surface area contributed by atoms with E-state index < -0.39 is 0 Å². The topological polar surface area (TPSA) is 71.8 Å². The van der Waals surface area contributed by atoms with E-state index in [1.165, 1.54) is 5.56 Å². The van der Waals surface area contributed by atoms with E-state index in [1.807, 2.05) is 24.3 Å². The number of aromatic amines is 1. The number of benzene rings is 3. The summed E-state index contributed by atoms with van der Waals surface area (Å²) in [7, 11) is 0. The van der Waals surface area contributed by atoms with Crippen LogP contribution in [0, 0.1) is 17.0 Å². The second-order valence-electron chi connectivity index (χ2n) is 6.38. The van der Waals surface area contributed by atoms with Crippen LogP contribution >= 0.6 is 0 Å². The van der Waals surface area contributed by atoms with Gasteiger partial charge in [0, 0.05) is 23.1 Å². The first-order valence-electron chi connectivity index (χ1n) is 8.38. The van der Waals surface area contributed by atoms with Crippen molar-refractivity contribution in [3.63, 3.8) is 0 Å². The van der Waals surface area contributed by atoms with Crippen LogP contribution in [0.15, 0.2) is 66.7 Å². The summed E-state index contributed by atoms with van der Waals surface area (Å²) in [5, 5.41) is 19.6. The van der Waals surface area contributed by atoms with E-state index in [-0.39, 0.29) is 10.6 Å². The van der Waals surface area contributed by atoms with Crippen molar-refractivity contribution in [3.05, 3.63) is 93.5 Å². The Morgan fingerprint density at radius 3 is 2.42 bits per heavy atom. The number of nitro benzene ring substituents is 1. The molecule has 26 heavy (non-hydrogen) atoms. The molecular weight excluding hydrogens is 326 g/mol. The van der Waals surface area contributed by atoms with Crippen LogP contribution in [0.4, 0.5) is 5.69 Å². The fourth-order valence-electron chi connectivity index (χ4n) is 3.17. The van der Waals surface area contributed by atoms with Gasteiger partial charge >= 0.3 is 0 Å². The summed E-state index contributed by atoms with van der Waals surface area (Å²) in [5.74, 6) is 0. The number of hydrogen-bond acceptors (Lipinski definition) is 3. The molecule has 0 aliphatic carbocycles. The zero-order chi connectivity index (χ0) is 18.1. The van der Waals surface area contributed by atoms with Gasteiger partial charge in [0.1, 0.15) is 5.69 Å². The number of H-pyrrole nitrogens is 1. The standard InChI is InChI=1S/C21H17N3O2/c1-14-5-9-16(10-6-14)21-20-17(3-2-4-19(20)22-23-21)13-15-7-11-18(12-8-15)24(25)26/h2-12H,13H2,1H3,(H,22,23). The minimum Gasteiger partial charge on any atom is -0.277 e. The number of fused-ring (bicyclic) bond motifs is 1. The monoisotopic (exact) mass is 343 g/mol. The van der Waals surface area contributed by atoms with E-state index in [9.17, 15) is 10.1 Å². The van der Waals surface area contributed by atoms with Crippen LogP contribution < -0.4 is 0 Å². The van der Waals surface area contributed by atoms with Gasteiger partial charge in [0.25, 0.3) is 5.69 Å². The molecule has 0 saturated heterocycles. The molecule has 1 N–H and O–H groups in total. The van der Waals surface area contributed by atoms with Gasteiger partial charge in [0.15, 0.2) is 0 Å². The van der Waals surface area contributed by atoms with E-state index in [2.05, 4.69) is 47.5 Å². The van der Waals surface area contributed by atoms with E-state index in [0.717, 1.165) is 33.3 Å². The van der Waals surface area contributed by atoms with Crippen molar-refractivity contribution in [2.24, 2.45) is 0 Å². The van der Waals surface area contributed by atoms with Gasteiger partial charge in [0.2, 0.25) is 0 Å². The van der Waals surface area contributed by atoms with Gasteiger partial charge in [0.05, 0.1) is 10.4 Å². The maximum atomic E-state index is 10.8. The van der Waals surface area contributed by atoms with E-state index in [1.54, 1.807) is 12.1 Å². The highest BCUT2D eigenvalue weighted by Gasteiger charge is 2.13. The molecule has 0 bridgehead atoms. The average Bonchev–Trinajstić information content (AvgIpc) is 3.08. The molecular formula is C21H17N3O2. The molecule has 0 radical (unpaired) electrons. The van der Waals surface area contributed by atoms with Gasteiger partial charge in [-0.3, -0.25) is 15.2 Å². The molecule has 0 aliphatic rings. The molecule has 0 amide bonds. The van der Waals surface area contributed by atoms with Crippen molar-refractivity contribution in [1.29, 1.82) is 0 Å². The first kappa shape index (κ1) is 16.0. The lowest BCUT2D eigenvalue weighted by molar-refractivity contribution is -0.384. The predicted octanol–water partition coefficient (Wildman–Crippen LogP) is 5.04. The summed E-state index contributed by atoms with van der Waals surface area (Å²) in [6.45, 7) is 2.06. The largest absolute Gasteiger partial charge is 0.277 e. The second-order valence-corrected chi connectivity index (χ2v) is 6.38. The Bertz CT molecular complexity index is 1080. The lowest BCUT2D eigenvalue weighted by Crippen LogP contribution is -1.92. The lowest BCUT2D eigenvalue weighted by atomic mass is 9.97. The Morgan fingerprint density at radius 2 is 1.73 bits per heavy atom. The molecule has 4 rings (SSSR count). The maximum Gasteiger partial charge on any atom is 0.269 e. The zero-order valence-electron chi connectivity index (χ0n) is 14.3. The third-order valence-corrected chi connectivity index (χ3v) is 4.54. The molecule has 0 aliphatic heterocycles. The van der Waals surface area contributed by atoms with Crippen molar-refractivity contribution in [3.8, 4) is 11.3 Å². The zero-order valence-corrected chi connectivity index (χ0v) is 14.3. The summed E-state index contributed by atoms with van der Waals surface area (Å²) in [4.78, 5) is 10.5. The Kier molecular flexibility index (Phi) is 3.97. The minimum atomic E-state index is -0.379. The second kappa shape index (κ2) is 6.44. The Balaban J connectivity index is 1.76. The minimum absolute atomic E-state index is 0.107. The van der Waals surface area contributed by atoms with Crippen molar-refractivity contribution in [2.45, 2.75) is 13.3 Å². The Morgan fingerprint density at radius 1 is 1.00 bits per heavy atom. The highest BCUT2D eigenvalue weighted by molar-refractivity contribution is 5.95. The number of hydrogen-bond donors (Lipinski definition) is 1. The third kappa shape index (κ3) is 2.95. The molecule has 0 fully saturated rings. The molecule has 0 spiro atoms. The summed E-state index contributed by atoms with van der Waals surface area (Å²) in [5.41, 5.74) is 6.46. The third-order valence-electron chi connectivity index (χ3n) is 4.54. The maximum absolute atomic E-state index is 10.8. The molecule has 5 heteroatoms. The van der Waals surface area contributed by atoms with Gasteiger partial charge in [-0.05, 0) is 30.5 Å². The predicted molar refractivity (Wildman–Crippen MR) is 102 cm³/mol. The quantitative estimate of drug-likeness (QED) is 0.417. The lowest BCUT2D eigenvalue weighted by Gasteiger charge is -2.06. The molecule has 1 heterocycles. The highest BCUT2D eigenvalue weighted by Crippen LogP contribution is 2.30. The molecule has 0 atom stereocenters. The van der Waals surface area contributed by atoms with E-state index >= 15 is 0 Å². The Labute approximate surface area is 150 Å². The van der Waals surface area contributed by atoms with Crippen LogP contribution in [0.2, 0.25) is 0 Å². The van der Waals surface area contributed by atoms with Gasteiger partial charge in [-0.25, -0.2) is 0 Å². The SMILES string of the molecule is Cc1ccc(-c2n[nH]c3cccc(Cc4ccc([N+](=O)[O-])cc4)c23)cc1. The average molecular weight is 343 g/mol.